The number of halogens is 3. The van der Waals surface area contributed by atoms with Gasteiger partial charge in [0.1, 0.15) is 5.39 Å². The number of pyridine rings is 1. The van der Waals surface area contributed by atoms with Crippen LogP contribution in [-0.2, 0) is 6.18 Å². The number of hydrogen-bond donors (Lipinski definition) is 1. The lowest BCUT2D eigenvalue weighted by Crippen LogP contribution is -2.26. The van der Waals surface area contributed by atoms with Gasteiger partial charge in [-0.15, -0.1) is 4.52 Å². The lowest BCUT2D eigenvalue weighted by Gasteiger charge is -2.05. The molecule has 0 aliphatic heterocycles. The van der Waals surface area contributed by atoms with Gasteiger partial charge in [-0.2, -0.15) is 13.2 Å². The highest BCUT2D eigenvalue weighted by Crippen LogP contribution is 2.30. The quantitative estimate of drug-likeness (QED) is 0.321. The number of fused-ring (bicyclic) bond motifs is 3. The number of rotatable bonds is 2. The number of nitrogens with zero attached hydrogens (tertiary/aromatic N) is 3. The molecule has 8 nitrogen and oxygen atoms in total. The number of para-hydroxylation sites is 1. The first kappa shape index (κ1) is 19.0. The lowest BCUT2D eigenvalue weighted by molar-refractivity contribution is -0.556. The van der Waals surface area contributed by atoms with E-state index in [4.69, 9.17) is 0 Å². The van der Waals surface area contributed by atoms with Gasteiger partial charge in [0.15, 0.2) is 11.2 Å². The van der Waals surface area contributed by atoms with Crippen LogP contribution in [-0.4, -0.2) is 20.3 Å². The van der Waals surface area contributed by atoms with Crippen LogP contribution >= 0.6 is 0 Å². The maximum Gasteiger partial charge on any atom is 0.416 e. The van der Waals surface area contributed by atoms with Crippen molar-refractivity contribution in [2.75, 3.05) is 0 Å². The molecule has 28 heavy (non-hydrogen) atoms. The minimum Gasteiger partial charge on any atom is -0.870 e. The van der Waals surface area contributed by atoms with Crippen molar-refractivity contribution in [1.29, 1.82) is 0 Å². The zero-order valence-corrected chi connectivity index (χ0v) is 13.8. The van der Waals surface area contributed by atoms with Gasteiger partial charge in [-0.1, -0.05) is 28.1 Å². The van der Waals surface area contributed by atoms with Crippen molar-refractivity contribution in [3.63, 3.8) is 0 Å². The Morgan fingerprint density at radius 3 is 2.43 bits per heavy atom. The van der Waals surface area contributed by atoms with E-state index < -0.39 is 22.2 Å². The van der Waals surface area contributed by atoms with E-state index >= 15 is 0 Å². The predicted molar refractivity (Wildman–Crippen MR) is 90.6 cm³/mol. The molecule has 0 bridgehead atoms. The van der Waals surface area contributed by atoms with Gasteiger partial charge in [-0.3, -0.25) is 10.1 Å². The Labute approximate surface area is 153 Å². The standard InChI is InChI=1S/C17H9F3N4O3.H2O/c18-17(19,20)10-4-3-5-11(8-10)22-16(25)15-9-14(24(26)27)12-6-1-2-7-13(12)23(15)21-22;/h1-9H;1H2. The second-order valence-electron chi connectivity index (χ2n) is 5.81. The average molecular weight is 392 g/mol. The third kappa shape index (κ3) is 2.87. The number of nitro groups is 1. The van der Waals surface area contributed by atoms with Gasteiger partial charge < -0.3 is 5.48 Å². The molecule has 0 aliphatic rings. The summed E-state index contributed by atoms with van der Waals surface area (Å²) in [4.78, 5) is 23.5. The third-order valence-electron chi connectivity index (χ3n) is 4.19. The topological polar surface area (TPSA) is 115 Å². The molecule has 11 heteroatoms. The molecule has 2 aromatic carbocycles. The van der Waals surface area contributed by atoms with Crippen LogP contribution in [0, 0.1) is 10.1 Å². The summed E-state index contributed by atoms with van der Waals surface area (Å²) in [6.45, 7) is 0. The van der Waals surface area contributed by atoms with Gasteiger partial charge in [0, 0.05) is 0 Å². The highest BCUT2D eigenvalue weighted by atomic mass is 19.4. The summed E-state index contributed by atoms with van der Waals surface area (Å²) in [7, 11) is 0. The molecule has 0 saturated heterocycles. The van der Waals surface area contributed by atoms with Crippen molar-refractivity contribution in [3.8, 4) is 5.69 Å². The number of nitrogens with one attached hydrogen (secondary N) is 1. The van der Waals surface area contributed by atoms with Crippen LogP contribution in [0.2, 0.25) is 0 Å². The van der Waals surface area contributed by atoms with Crippen molar-refractivity contribution in [3.05, 3.63) is 80.6 Å². The molecular formula is C17H11F3N4O4. The van der Waals surface area contributed by atoms with Crippen LogP contribution < -0.4 is 10.1 Å². The molecule has 0 unspecified atom stereocenters. The molecule has 4 rings (SSSR count). The Morgan fingerprint density at radius 2 is 1.75 bits per heavy atom. The number of alkyl halides is 3. The van der Waals surface area contributed by atoms with Crippen LogP contribution in [0.4, 0.5) is 18.9 Å². The Bertz CT molecular complexity index is 1280. The Kier molecular flexibility index (Phi) is 4.39. The summed E-state index contributed by atoms with van der Waals surface area (Å²) in [5, 5.41) is 14.3. The SMILES string of the molecule is O=c1c2cc([N+](=O)[O-])c3ccccc3[n+]2[nH]n1-c1cccc(C(F)(F)F)c1.[OH-]. The molecule has 0 spiro atoms. The number of hydrogen-bond acceptors (Lipinski definition) is 4. The van der Waals surface area contributed by atoms with Crippen LogP contribution in [0.15, 0.2) is 59.4 Å². The molecule has 2 N–H and O–H groups in total. The van der Waals surface area contributed by atoms with Crippen molar-refractivity contribution < 1.29 is 28.1 Å². The van der Waals surface area contributed by atoms with Gasteiger partial charge in [0.2, 0.25) is 0 Å². The monoisotopic (exact) mass is 392 g/mol. The fraction of sp³-hybridized carbons (Fsp3) is 0.0588. The number of H-pyrrole nitrogens is 1. The molecule has 0 radical (unpaired) electrons. The van der Waals surface area contributed by atoms with E-state index in [-0.39, 0.29) is 27.8 Å². The Hall–Kier alpha value is -3.73. The fourth-order valence-electron chi connectivity index (χ4n) is 2.96. The summed E-state index contributed by atoms with van der Waals surface area (Å²) in [5.41, 5.74) is -1.62. The van der Waals surface area contributed by atoms with Gasteiger partial charge in [0.05, 0.1) is 16.6 Å². The summed E-state index contributed by atoms with van der Waals surface area (Å²) in [5.74, 6) is 0. The zero-order chi connectivity index (χ0) is 19.3. The molecule has 2 aromatic heterocycles. The van der Waals surface area contributed by atoms with Crippen molar-refractivity contribution in [2.45, 2.75) is 6.18 Å². The Morgan fingerprint density at radius 1 is 1.04 bits per heavy atom. The maximum absolute atomic E-state index is 13.0. The number of aromatic nitrogens is 3. The molecule has 144 valence electrons. The van der Waals surface area contributed by atoms with E-state index in [1.54, 1.807) is 18.2 Å². The van der Waals surface area contributed by atoms with Crippen LogP contribution in [0.5, 0.6) is 0 Å². The van der Waals surface area contributed by atoms with E-state index in [1.807, 2.05) is 0 Å². The number of aromatic amines is 1. The van der Waals surface area contributed by atoms with Crippen molar-refractivity contribution in [2.24, 2.45) is 0 Å². The summed E-state index contributed by atoms with van der Waals surface area (Å²) < 4.78 is 41.1. The molecule has 0 saturated carbocycles. The van der Waals surface area contributed by atoms with Gasteiger partial charge >= 0.3 is 11.7 Å². The molecule has 4 aromatic rings. The van der Waals surface area contributed by atoms with Gasteiger partial charge in [-0.05, 0) is 30.3 Å². The van der Waals surface area contributed by atoms with Gasteiger partial charge in [0.25, 0.3) is 11.2 Å². The maximum atomic E-state index is 13.0. The molecule has 0 amide bonds. The van der Waals surface area contributed by atoms with Crippen LogP contribution in [0.25, 0.3) is 22.1 Å². The first-order valence-electron chi connectivity index (χ1n) is 7.68. The predicted octanol–water partition coefficient (Wildman–Crippen LogP) is 2.81. The molecular weight excluding hydrogens is 381 g/mol. The number of benzene rings is 2. The first-order valence-corrected chi connectivity index (χ1v) is 7.68. The van der Waals surface area contributed by atoms with Crippen molar-refractivity contribution >= 4 is 22.1 Å². The molecule has 0 fully saturated rings. The van der Waals surface area contributed by atoms with Crippen LogP contribution in [0.1, 0.15) is 5.56 Å². The van der Waals surface area contributed by atoms with Crippen LogP contribution in [0.3, 0.4) is 0 Å². The second kappa shape index (κ2) is 6.46. The highest BCUT2D eigenvalue weighted by Gasteiger charge is 2.32. The fourth-order valence-corrected chi connectivity index (χ4v) is 2.96. The summed E-state index contributed by atoms with van der Waals surface area (Å²) in [6.07, 6.45) is -4.57. The minimum absolute atomic E-state index is 0. The third-order valence-corrected chi connectivity index (χ3v) is 4.19. The highest BCUT2D eigenvalue weighted by molar-refractivity contribution is 5.87. The Balaban J connectivity index is 0.00000225. The van der Waals surface area contributed by atoms with Crippen molar-refractivity contribution in [1.82, 2.24) is 9.90 Å². The molecule has 0 atom stereocenters. The van der Waals surface area contributed by atoms with E-state index in [0.29, 0.717) is 5.52 Å². The first-order chi connectivity index (χ1) is 12.8. The summed E-state index contributed by atoms with van der Waals surface area (Å²) >= 11 is 0. The van der Waals surface area contributed by atoms with Gasteiger partial charge in [-0.25, -0.2) is 4.79 Å². The minimum atomic E-state index is -4.57. The molecule has 0 aliphatic carbocycles. The van der Waals surface area contributed by atoms with E-state index in [9.17, 15) is 28.1 Å². The van der Waals surface area contributed by atoms with E-state index in [1.165, 1.54) is 22.7 Å². The van der Waals surface area contributed by atoms with E-state index in [2.05, 4.69) is 5.21 Å². The normalized spacial score (nSPS) is 11.5. The molecule has 2 heterocycles. The lowest BCUT2D eigenvalue weighted by atomic mass is 10.2. The van der Waals surface area contributed by atoms with E-state index in [0.717, 1.165) is 22.9 Å². The second-order valence-corrected chi connectivity index (χ2v) is 5.81. The smallest absolute Gasteiger partial charge is 0.416 e. The zero-order valence-electron chi connectivity index (χ0n) is 13.8. The summed E-state index contributed by atoms with van der Waals surface area (Å²) in [6, 6.07) is 11.7. The average Bonchev–Trinajstić information content (AvgIpc) is 2.97. The largest absolute Gasteiger partial charge is 0.870 e.